The van der Waals surface area contributed by atoms with Crippen molar-refractivity contribution in [2.24, 2.45) is 0 Å². The van der Waals surface area contributed by atoms with Crippen LogP contribution in [0.15, 0.2) is 18.2 Å². The Morgan fingerprint density at radius 1 is 1.58 bits per heavy atom. The first-order chi connectivity index (χ1) is 8.99. The van der Waals surface area contributed by atoms with Gasteiger partial charge in [0.15, 0.2) is 5.82 Å². The third-order valence-electron chi connectivity index (χ3n) is 2.60. The minimum absolute atomic E-state index is 0.0156. The van der Waals surface area contributed by atoms with E-state index in [9.17, 15) is 9.18 Å². The summed E-state index contributed by atoms with van der Waals surface area (Å²) in [6.45, 7) is 1.72. The second kappa shape index (κ2) is 7.57. The summed E-state index contributed by atoms with van der Waals surface area (Å²) in [6, 6.07) is 3.58. The standard InChI is InChI=1S/C12H16ClFN2O2S/c1-7(10(6-17)19-2)15-12(18)16-9-5-3-4-8(13)11(9)14/h3-5,7,10,17H,6H2,1-2H3,(H2,15,16,18). The van der Waals surface area contributed by atoms with E-state index in [2.05, 4.69) is 10.6 Å². The number of anilines is 1. The molecule has 0 fully saturated rings. The van der Waals surface area contributed by atoms with Crippen LogP contribution >= 0.6 is 23.4 Å². The van der Waals surface area contributed by atoms with Crippen molar-refractivity contribution in [3.63, 3.8) is 0 Å². The average Bonchev–Trinajstić information content (AvgIpc) is 2.36. The van der Waals surface area contributed by atoms with Crippen LogP contribution in [0.1, 0.15) is 6.92 Å². The first kappa shape index (κ1) is 16.1. The molecule has 0 spiro atoms. The number of rotatable bonds is 5. The number of aliphatic hydroxyl groups is 1. The lowest BCUT2D eigenvalue weighted by molar-refractivity contribution is 0.243. The molecule has 19 heavy (non-hydrogen) atoms. The van der Waals surface area contributed by atoms with Gasteiger partial charge in [0.2, 0.25) is 0 Å². The molecular weight excluding hydrogens is 291 g/mol. The predicted molar refractivity (Wildman–Crippen MR) is 77.4 cm³/mol. The molecule has 2 amide bonds. The Balaban J connectivity index is 2.63. The van der Waals surface area contributed by atoms with Crippen molar-refractivity contribution in [1.29, 1.82) is 0 Å². The molecule has 0 aliphatic rings. The minimum atomic E-state index is -0.671. The van der Waals surface area contributed by atoms with Gasteiger partial charge in [-0.3, -0.25) is 0 Å². The molecule has 0 saturated heterocycles. The summed E-state index contributed by atoms with van der Waals surface area (Å²) in [5.74, 6) is -0.671. The molecule has 4 nitrogen and oxygen atoms in total. The maximum absolute atomic E-state index is 13.6. The Morgan fingerprint density at radius 3 is 2.84 bits per heavy atom. The zero-order valence-electron chi connectivity index (χ0n) is 10.6. The van der Waals surface area contributed by atoms with Gasteiger partial charge in [-0.2, -0.15) is 11.8 Å². The number of hydrogen-bond acceptors (Lipinski definition) is 3. The number of carbonyl (C=O) groups excluding carboxylic acids is 1. The largest absolute Gasteiger partial charge is 0.395 e. The molecule has 106 valence electrons. The molecule has 1 aromatic rings. The molecular formula is C12H16ClFN2O2S. The number of halogens is 2. The lowest BCUT2D eigenvalue weighted by atomic mass is 10.2. The molecule has 0 radical (unpaired) electrons. The Bertz CT molecular complexity index is 444. The van der Waals surface area contributed by atoms with E-state index in [0.717, 1.165) is 0 Å². The molecule has 0 heterocycles. The van der Waals surface area contributed by atoms with Gasteiger partial charge in [0, 0.05) is 11.3 Å². The van der Waals surface area contributed by atoms with E-state index >= 15 is 0 Å². The van der Waals surface area contributed by atoms with E-state index in [1.165, 1.54) is 23.9 Å². The zero-order valence-corrected chi connectivity index (χ0v) is 12.2. The molecule has 1 rings (SSSR count). The van der Waals surface area contributed by atoms with Crippen molar-refractivity contribution in [3.8, 4) is 0 Å². The van der Waals surface area contributed by atoms with Crippen LogP contribution in [0, 0.1) is 5.82 Å². The van der Waals surface area contributed by atoms with E-state index < -0.39 is 11.8 Å². The summed E-state index contributed by atoms with van der Waals surface area (Å²) in [7, 11) is 0. The summed E-state index contributed by atoms with van der Waals surface area (Å²) >= 11 is 7.06. The van der Waals surface area contributed by atoms with Gasteiger partial charge >= 0.3 is 6.03 Å². The quantitative estimate of drug-likeness (QED) is 0.784. The van der Waals surface area contributed by atoms with E-state index in [4.69, 9.17) is 16.7 Å². The monoisotopic (exact) mass is 306 g/mol. The molecule has 7 heteroatoms. The van der Waals surface area contributed by atoms with Crippen molar-refractivity contribution in [1.82, 2.24) is 5.32 Å². The summed E-state index contributed by atoms with van der Waals surface area (Å²) < 4.78 is 13.6. The Kier molecular flexibility index (Phi) is 6.41. The maximum atomic E-state index is 13.6. The van der Waals surface area contributed by atoms with Crippen LogP contribution in [0.2, 0.25) is 5.02 Å². The highest BCUT2D eigenvalue weighted by molar-refractivity contribution is 7.99. The van der Waals surface area contributed by atoms with Gasteiger partial charge in [0.25, 0.3) is 0 Å². The van der Waals surface area contributed by atoms with Crippen LogP contribution in [0.5, 0.6) is 0 Å². The molecule has 2 atom stereocenters. The van der Waals surface area contributed by atoms with E-state index in [1.54, 1.807) is 13.0 Å². The van der Waals surface area contributed by atoms with Crippen molar-refractivity contribution >= 4 is 35.1 Å². The van der Waals surface area contributed by atoms with Crippen LogP contribution in [0.25, 0.3) is 0 Å². The topological polar surface area (TPSA) is 61.4 Å². The summed E-state index contributed by atoms with van der Waals surface area (Å²) in [5.41, 5.74) is 0.0156. The van der Waals surface area contributed by atoms with Crippen molar-refractivity contribution < 1.29 is 14.3 Å². The predicted octanol–water partition coefficient (Wildman–Crippen LogP) is 2.71. The number of benzene rings is 1. The fourth-order valence-electron chi connectivity index (χ4n) is 1.50. The second-order valence-corrected chi connectivity index (χ2v) is 5.43. The lowest BCUT2D eigenvalue weighted by Gasteiger charge is -2.21. The summed E-state index contributed by atoms with van der Waals surface area (Å²) in [4.78, 5) is 11.7. The van der Waals surface area contributed by atoms with Crippen LogP contribution in [-0.2, 0) is 0 Å². The first-order valence-corrected chi connectivity index (χ1v) is 7.31. The maximum Gasteiger partial charge on any atom is 0.319 e. The Hall–Kier alpha value is -0.980. The number of nitrogens with one attached hydrogen (secondary N) is 2. The lowest BCUT2D eigenvalue weighted by Crippen LogP contribution is -2.43. The molecule has 1 aromatic carbocycles. The highest BCUT2D eigenvalue weighted by Crippen LogP contribution is 2.21. The van der Waals surface area contributed by atoms with Crippen LogP contribution in [0.4, 0.5) is 14.9 Å². The second-order valence-electron chi connectivity index (χ2n) is 3.95. The number of thioether (sulfide) groups is 1. The van der Waals surface area contributed by atoms with Gasteiger partial charge in [-0.05, 0) is 25.3 Å². The van der Waals surface area contributed by atoms with Crippen LogP contribution < -0.4 is 10.6 Å². The Morgan fingerprint density at radius 2 is 2.26 bits per heavy atom. The van der Waals surface area contributed by atoms with Gasteiger partial charge in [-0.15, -0.1) is 0 Å². The fraction of sp³-hybridized carbons (Fsp3) is 0.417. The van der Waals surface area contributed by atoms with Gasteiger partial charge in [0.1, 0.15) is 0 Å². The number of hydrogen-bond donors (Lipinski definition) is 3. The number of amides is 2. The van der Waals surface area contributed by atoms with E-state index in [1.807, 2.05) is 6.26 Å². The summed E-state index contributed by atoms with van der Waals surface area (Å²) in [6.07, 6.45) is 1.84. The highest BCUT2D eigenvalue weighted by atomic mass is 35.5. The van der Waals surface area contributed by atoms with Crippen LogP contribution in [0.3, 0.4) is 0 Å². The third-order valence-corrected chi connectivity index (χ3v) is 4.05. The fourth-order valence-corrected chi connectivity index (χ4v) is 2.30. The minimum Gasteiger partial charge on any atom is -0.395 e. The molecule has 0 bridgehead atoms. The van der Waals surface area contributed by atoms with Crippen LogP contribution in [-0.4, -0.2) is 35.3 Å². The smallest absolute Gasteiger partial charge is 0.319 e. The van der Waals surface area contributed by atoms with Gasteiger partial charge < -0.3 is 15.7 Å². The summed E-state index contributed by atoms with van der Waals surface area (Å²) in [5, 5.41) is 14.0. The van der Waals surface area contributed by atoms with Gasteiger partial charge in [-0.1, -0.05) is 17.7 Å². The first-order valence-electron chi connectivity index (χ1n) is 5.64. The average molecular weight is 307 g/mol. The van der Waals surface area contributed by atoms with E-state index in [0.29, 0.717) is 0 Å². The highest BCUT2D eigenvalue weighted by Gasteiger charge is 2.18. The number of urea groups is 1. The molecule has 3 N–H and O–H groups in total. The molecule has 2 unspecified atom stereocenters. The molecule has 0 aliphatic carbocycles. The zero-order chi connectivity index (χ0) is 14.4. The number of aliphatic hydroxyl groups excluding tert-OH is 1. The molecule has 0 aromatic heterocycles. The normalized spacial score (nSPS) is 13.7. The van der Waals surface area contributed by atoms with Gasteiger partial charge in [-0.25, -0.2) is 9.18 Å². The van der Waals surface area contributed by atoms with Gasteiger partial charge in [0.05, 0.1) is 17.3 Å². The Labute approximate surface area is 120 Å². The van der Waals surface area contributed by atoms with Crippen molar-refractivity contribution in [2.75, 3.05) is 18.2 Å². The molecule has 0 aliphatic heterocycles. The van der Waals surface area contributed by atoms with Crippen molar-refractivity contribution in [3.05, 3.63) is 29.0 Å². The van der Waals surface area contributed by atoms with E-state index in [-0.39, 0.29) is 28.6 Å². The van der Waals surface area contributed by atoms with Crippen molar-refractivity contribution in [2.45, 2.75) is 18.2 Å². The third kappa shape index (κ3) is 4.56. The number of carbonyl (C=O) groups is 1. The molecule has 0 saturated carbocycles. The SMILES string of the molecule is CSC(CO)C(C)NC(=O)Nc1cccc(Cl)c1F.